The van der Waals surface area contributed by atoms with Crippen LogP contribution >= 0.6 is 0 Å². The van der Waals surface area contributed by atoms with Crippen molar-refractivity contribution in [3.8, 4) is 0 Å². The van der Waals surface area contributed by atoms with Crippen LogP contribution in [0.15, 0.2) is 35.4 Å². The monoisotopic (exact) mass is 355 g/mol. The van der Waals surface area contributed by atoms with Crippen molar-refractivity contribution < 1.29 is 14.1 Å². The van der Waals surface area contributed by atoms with E-state index in [1.807, 2.05) is 17.0 Å². The number of pyridine rings is 1. The predicted molar refractivity (Wildman–Crippen MR) is 90.6 cm³/mol. The third-order valence-corrected chi connectivity index (χ3v) is 5.24. The molecule has 4 heterocycles. The Hall–Kier alpha value is -2.77. The van der Waals surface area contributed by atoms with E-state index in [-0.39, 0.29) is 23.7 Å². The van der Waals surface area contributed by atoms with Crippen LogP contribution in [0.2, 0.25) is 0 Å². The Balaban J connectivity index is 1.32. The third kappa shape index (κ3) is 3.44. The van der Waals surface area contributed by atoms with E-state index in [9.17, 15) is 9.59 Å². The Morgan fingerprint density at radius 1 is 1.23 bits per heavy atom. The zero-order chi connectivity index (χ0) is 17.9. The van der Waals surface area contributed by atoms with E-state index < -0.39 is 0 Å². The Morgan fingerprint density at radius 3 is 2.69 bits per heavy atom. The number of hydrogen-bond donors (Lipinski definition) is 0. The molecule has 0 spiro atoms. The van der Waals surface area contributed by atoms with Crippen molar-refractivity contribution in [2.75, 3.05) is 19.6 Å². The number of carbonyl (C=O) groups is 2. The quantitative estimate of drug-likeness (QED) is 0.819. The standard InChI is InChI=1S/C18H21N5O3/c24-16-9-15(11-23(16)10-13-1-5-19-6-2-13)18(25)22-7-3-14(4-8-22)17-20-12-26-21-17/h1-2,5-6,12,14-15H,3-4,7-11H2/t15-/m1/s1. The van der Waals surface area contributed by atoms with Gasteiger partial charge in [0.05, 0.1) is 5.92 Å². The summed E-state index contributed by atoms with van der Waals surface area (Å²) in [6.45, 7) is 2.37. The van der Waals surface area contributed by atoms with Crippen molar-refractivity contribution in [1.82, 2.24) is 24.9 Å². The van der Waals surface area contributed by atoms with Crippen molar-refractivity contribution in [1.29, 1.82) is 0 Å². The lowest BCUT2D eigenvalue weighted by atomic mass is 9.95. The first kappa shape index (κ1) is 16.7. The molecule has 2 aromatic heterocycles. The van der Waals surface area contributed by atoms with Gasteiger partial charge in [0.25, 0.3) is 0 Å². The summed E-state index contributed by atoms with van der Waals surface area (Å²) in [5.41, 5.74) is 1.03. The molecule has 136 valence electrons. The minimum absolute atomic E-state index is 0.0434. The second-order valence-electron chi connectivity index (χ2n) is 6.92. The largest absolute Gasteiger partial charge is 0.343 e. The maximum atomic E-state index is 12.8. The second kappa shape index (κ2) is 7.23. The summed E-state index contributed by atoms with van der Waals surface area (Å²) >= 11 is 0. The summed E-state index contributed by atoms with van der Waals surface area (Å²) in [5, 5.41) is 3.90. The molecule has 2 fully saturated rings. The van der Waals surface area contributed by atoms with Crippen molar-refractivity contribution in [2.45, 2.75) is 31.7 Å². The summed E-state index contributed by atoms with van der Waals surface area (Å²) < 4.78 is 4.81. The minimum Gasteiger partial charge on any atom is -0.343 e. The molecule has 8 nitrogen and oxygen atoms in total. The highest BCUT2D eigenvalue weighted by atomic mass is 16.5. The van der Waals surface area contributed by atoms with Crippen LogP contribution in [-0.4, -0.2) is 56.4 Å². The van der Waals surface area contributed by atoms with Crippen LogP contribution in [0, 0.1) is 5.92 Å². The SMILES string of the molecule is O=C1C[C@@H](C(=O)N2CCC(c3ncon3)CC2)CN1Cc1ccncc1. The first-order valence-electron chi connectivity index (χ1n) is 8.92. The lowest BCUT2D eigenvalue weighted by molar-refractivity contribution is -0.136. The maximum Gasteiger partial charge on any atom is 0.227 e. The molecule has 0 aliphatic carbocycles. The van der Waals surface area contributed by atoms with E-state index in [1.165, 1.54) is 6.39 Å². The molecule has 26 heavy (non-hydrogen) atoms. The highest BCUT2D eigenvalue weighted by Crippen LogP contribution is 2.28. The fourth-order valence-electron chi connectivity index (χ4n) is 3.77. The molecule has 8 heteroatoms. The van der Waals surface area contributed by atoms with Gasteiger partial charge in [-0.3, -0.25) is 14.6 Å². The highest BCUT2D eigenvalue weighted by Gasteiger charge is 2.37. The second-order valence-corrected chi connectivity index (χ2v) is 6.92. The summed E-state index contributed by atoms with van der Waals surface area (Å²) in [5.74, 6) is 0.845. The Bertz CT molecular complexity index is 756. The summed E-state index contributed by atoms with van der Waals surface area (Å²) in [6.07, 6.45) is 6.72. The molecule has 2 aliphatic rings. The van der Waals surface area contributed by atoms with Gasteiger partial charge in [-0.15, -0.1) is 0 Å². The van der Waals surface area contributed by atoms with Crippen molar-refractivity contribution >= 4 is 11.8 Å². The molecule has 4 rings (SSSR count). The third-order valence-electron chi connectivity index (χ3n) is 5.24. The molecular weight excluding hydrogens is 334 g/mol. The molecule has 0 aromatic carbocycles. The van der Waals surface area contributed by atoms with E-state index in [0.29, 0.717) is 32.6 Å². The lowest BCUT2D eigenvalue weighted by Crippen LogP contribution is -2.42. The number of likely N-dealkylation sites (tertiary alicyclic amines) is 2. The molecule has 2 aliphatic heterocycles. The minimum atomic E-state index is -0.244. The van der Waals surface area contributed by atoms with Gasteiger partial charge in [0.2, 0.25) is 18.2 Å². The molecule has 0 bridgehead atoms. The van der Waals surface area contributed by atoms with Crippen LogP contribution in [0.25, 0.3) is 0 Å². The van der Waals surface area contributed by atoms with Crippen LogP contribution in [-0.2, 0) is 16.1 Å². The molecular formula is C18H21N5O3. The molecule has 0 saturated carbocycles. The molecule has 1 atom stereocenters. The van der Waals surface area contributed by atoms with Gasteiger partial charge in [0.15, 0.2) is 5.82 Å². The van der Waals surface area contributed by atoms with Gasteiger partial charge in [0.1, 0.15) is 0 Å². The molecule has 2 aromatic rings. The zero-order valence-electron chi connectivity index (χ0n) is 14.5. The van der Waals surface area contributed by atoms with Gasteiger partial charge < -0.3 is 14.3 Å². The highest BCUT2D eigenvalue weighted by molar-refractivity contribution is 5.89. The maximum absolute atomic E-state index is 12.8. The van der Waals surface area contributed by atoms with E-state index in [1.54, 1.807) is 17.3 Å². The number of carbonyl (C=O) groups excluding carboxylic acids is 2. The van der Waals surface area contributed by atoms with Crippen LogP contribution < -0.4 is 0 Å². The van der Waals surface area contributed by atoms with Crippen LogP contribution in [0.1, 0.15) is 36.6 Å². The zero-order valence-corrected chi connectivity index (χ0v) is 14.5. The van der Waals surface area contributed by atoms with Gasteiger partial charge >= 0.3 is 0 Å². The van der Waals surface area contributed by atoms with Crippen LogP contribution in [0.4, 0.5) is 0 Å². The number of hydrogen-bond acceptors (Lipinski definition) is 6. The number of rotatable bonds is 4. The molecule has 2 amide bonds. The lowest BCUT2D eigenvalue weighted by Gasteiger charge is -2.32. The fourth-order valence-corrected chi connectivity index (χ4v) is 3.77. The van der Waals surface area contributed by atoms with E-state index in [4.69, 9.17) is 4.52 Å². The van der Waals surface area contributed by atoms with Crippen LogP contribution in [0.5, 0.6) is 0 Å². The molecule has 0 N–H and O–H groups in total. The van der Waals surface area contributed by atoms with Gasteiger partial charge in [-0.05, 0) is 30.5 Å². The molecule has 0 radical (unpaired) electrons. The normalized spacial score (nSPS) is 21.4. The molecule has 0 unspecified atom stereocenters. The number of aromatic nitrogens is 3. The van der Waals surface area contributed by atoms with E-state index in [2.05, 4.69) is 15.1 Å². The van der Waals surface area contributed by atoms with E-state index in [0.717, 1.165) is 24.2 Å². The van der Waals surface area contributed by atoms with Crippen molar-refractivity contribution in [3.05, 3.63) is 42.3 Å². The van der Waals surface area contributed by atoms with Crippen molar-refractivity contribution in [2.24, 2.45) is 5.92 Å². The summed E-state index contributed by atoms with van der Waals surface area (Å²) in [4.78, 5) is 36.9. The summed E-state index contributed by atoms with van der Waals surface area (Å²) in [6, 6.07) is 3.79. The van der Waals surface area contributed by atoms with Gasteiger partial charge in [-0.1, -0.05) is 5.16 Å². The van der Waals surface area contributed by atoms with E-state index >= 15 is 0 Å². The Kier molecular flexibility index (Phi) is 4.64. The van der Waals surface area contributed by atoms with Gasteiger partial charge in [0, 0.05) is 50.9 Å². The Labute approximate surface area is 151 Å². The number of amides is 2. The first-order chi connectivity index (χ1) is 12.7. The number of nitrogens with zero attached hydrogens (tertiary/aromatic N) is 5. The average Bonchev–Trinajstić information content (AvgIpc) is 3.33. The average molecular weight is 355 g/mol. The Morgan fingerprint density at radius 2 is 2.00 bits per heavy atom. The smallest absolute Gasteiger partial charge is 0.227 e. The summed E-state index contributed by atoms with van der Waals surface area (Å²) in [7, 11) is 0. The van der Waals surface area contributed by atoms with Crippen molar-refractivity contribution in [3.63, 3.8) is 0 Å². The van der Waals surface area contributed by atoms with Gasteiger partial charge in [-0.25, -0.2) is 0 Å². The molecule has 2 saturated heterocycles. The number of piperidine rings is 1. The predicted octanol–water partition coefficient (Wildman–Crippen LogP) is 1.22. The topological polar surface area (TPSA) is 92.4 Å². The first-order valence-corrected chi connectivity index (χ1v) is 8.92. The fraction of sp³-hybridized carbons (Fsp3) is 0.500. The van der Waals surface area contributed by atoms with Gasteiger partial charge in [-0.2, -0.15) is 4.98 Å². The van der Waals surface area contributed by atoms with Crippen LogP contribution in [0.3, 0.4) is 0 Å².